The molecule has 1 unspecified atom stereocenters. The van der Waals surface area contributed by atoms with E-state index >= 15 is 0 Å². The van der Waals surface area contributed by atoms with Crippen molar-refractivity contribution in [1.82, 2.24) is 0 Å². The highest BCUT2D eigenvalue weighted by molar-refractivity contribution is 7.86. The zero-order chi connectivity index (χ0) is 11.6. The Kier molecular flexibility index (Phi) is 3.18. The lowest BCUT2D eigenvalue weighted by atomic mass is 10.3. The van der Waals surface area contributed by atoms with Crippen LogP contribution in [0, 0.1) is 0 Å². The van der Waals surface area contributed by atoms with Crippen molar-refractivity contribution in [2.24, 2.45) is 0 Å². The van der Waals surface area contributed by atoms with Crippen molar-refractivity contribution in [3.8, 4) is 0 Å². The van der Waals surface area contributed by atoms with Crippen LogP contribution in [0.15, 0.2) is 23.1 Å². The summed E-state index contributed by atoms with van der Waals surface area (Å²) in [6, 6.07) is 3.87. The summed E-state index contributed by atoms with van der Waals surface area (Å²) in [5, 5.41) is 11.6. The Hall–Kier alpha value is -1.31. The number of nitrogens with two attached hydrogens (primary N) is 1. The minimum atomic E-state index is -4.29. The third kappa shape index (κ3) is 3.08. The molecule has 1 rings (SSSR count). The molecule has 0 aromatic heterocycles. The standard InChI is InChI=1S/C8H12N2O4S/c1-5(11)10-6-2-3-8(7(9)4-6)15(12,13)14/h2-5,10-11H,9H2,1H3,(H,12,13,14). The van der Waals surface area contributed by atoms with Crippen molar-refractivity contribution in [2.45, 2.75) is 18.0 Å². The van der Waals surface area contributed by atoms with E-state index in [0.717, 1.165) is 6.07 Å². The number of aliphatic hydroxyl groups excluding tert-OH is 1. The van der Waals surface area contributed by atoms with Gasteiger partial charge in [0.25, 0.3) is 10.1 Å². The van der Waals surface area contributed by atoms with Gasteiger partial charge in [-0.25, -0.2) is 0 Å². The predicted molar refractivity (Wildman–Crippen MR) is 56.0 cm³/mol. The number of rotatable bonds is 3. The molecule has 15 heavy (non-hydrogen) atoms. The summed E-state index contributed by atoms with van der Waals surface area (Å²) in [7, 11) is -4.29. The van der Waals surface area contributed by atoms with Crippen LogP contribution >= 0.6 is 0 Å². The van der Waals surface area contributed by atoms with Crippen LogP contribution in [0.4, 0.5) is 11.4 Å². The predicted octanol–water partition coefficient (Wildman–Crippen LogP) is 0.266. The minimum Gasteiger partial charge on any atom is -0.398 e. The highest BCUT2D eigenvalue weighted by Gasteiger charge is 2.13. The molecule has 0 fully saturated rings. The maximum atomic E-state index is 10.8. The first kappa shape index (κ1) is 11.8. The summed E-state index contributed by atoms with van der Waals surface area (Å²) in [5.41, 5.74) is 5.81. The van der Waals surface area contributed by atoms with E-state index in [9.17, 15) is 8.42 Å². The molecule has 0 heterocycles. The van der Waals surface area contributed by atoms with Gasteiger partial charge >= 0.3 is 0 Å². The molecule has 0 saturated heterocycles. The van der Waals surface area contributed by atoms with Crippen LogP contribution in [0.5, 0.6) is 0 Å². The first-order valence-corrected chi connectivity index (χ1v) is 5.56. The van der Waals surface area contributed by atoms with Crippen LogP contribution in [0.1, 0.15) is 6.92 Å². The smallest absolute Gasteiger partial charge is 0.296 e. The van der Waals surface area contributed by atoms with Crippen molar-refractivity contribution in [2.75, 3.05) is 11.1 Å². The fraction of sp³-hybridized carbons (Fsp3) is 0.250. The molecule has 0 aliphatic heterocycles. The fourth-order valence-corrected chi connectivity index (χ4v) is 1.71. The van der Waals surface area contributed by atoms with Crippen LogP contribution in [0.2, 0.25) is 0 Å². The molecule has 6 nitrogen and oxygen atoms in total. The largest absolute Gasteiger partial charge is 0.398 e. The van der Waals surface area contributed by atoms with E-state index in [4.69, 9.17) is 15.4 Å². The van der Waals surface area contributed by atoms with Gasteiger partial charge in [0.1, 0.15) is 11.1 Å². The lowest BCUT2D eigenvalue weighted by Gasteiger charge is -2.10. The van der Waals surface area contributed by atoms with E-state index in [2.05, 4.69) is 5.32 Å². The van der Waals surface area contributed by atoms with E-state index in [0.29, 0.717) is 5.69 Å². The number of benzene rings is 1. The van der Waals surface area contributed by atoms with Crippen molar-refractivity contribution in [1.29, 1.82) is 0 Å². The summed E-state index contributed by atoms with van der Waals surface area (Å²) in [4.78, 5) is -0.348. The molecule has 0 aliphatic carbocycles. The Balaban J connectivity index is 3.09. The topological polar surface area (TPSA) is 113 Å². The van der Waals surface area contributed by atoms with E-state index in [-0.39, 0.29) is 10.6 Å². The summed E-state index contributed by atoms with van der Waals surface area (Å²) in [5.74, 6) is 0. The van der Waals surface area contributed by atoms with Gasteiger partial charge in [-0.1, -0.05) is 0 Å². The van der Waals surface area contributed by atoms with Gasteiger partial charge in [0.2, 0.25) is 0 Å². The number of hydrogen-bond donors (Lipinski definition) is 4. The SMILES string of the molecule is CC(O)Nc1ccc(S(=O)(=O)O)c(N)c1. The Labute approximate surface area is 87.5 Å². The molecule has 84 valence electrons. The number of hydrogen-bond acceptors (Lipinski definition) is 5. The molecule has 1 atom stereocenters. The summed E-state index contributed by atoms with van der Waals surface area (Å²) in [6.45, 7) is 1.51. The monoisotopic (exact) mass is 232 g/mol. The highest BCUT2D eigenvalue weighted by Crippen LogP contribution is 2.22. The average Bonchev–Trinajstić information content (AvgIpc) is 1.99. The van der Waals surface area contributed by atoms with Crippen LogP contribution in [-0.4, -0.2) is 24.3 Å². The molecule has 0 bridgehead atoms. The number of nitrogens with one attached hydrogen (secondary N) is 1. The molecular weight excluding hydrogens is 220 g/mol. The highest BCUT2D eigenvalue weighted by atomic mass is 32.2. The minimum absolute atomic E-state index is 0.0804. The van der Waals surface area contributed by atoms with Gasteiger partial charge in [-0.2, -0.15) is 8.42 Å². The first-order chi connectivity index (χ1) is 6.80. The third-order valence-corrected chi connectivity index (χ3v) is 2.59. The Bertz CT molecular complexity index is 456. The molecule has 1 aromatic carbocycles. The molecule has 7 heteroatoms. The zero-order valence-electron chi connectivity index (χ0n) is 8.01. The van der Waals surface area contributed by atoms with Gasteiger partial charge in [-0.05, 0) is 25.1 Å². The Morgan fingerprint density at radius 1 is 1.47 bits per heavy atom. The molecular formula is C8H12N2O4S. The average molecular weight is 232 g/mol. The van der Waals surface area contributed by atoms with Crippen LogP contribution in [0.3, 0.4) is 0 Å². The van der Waals surface area contributed by atoms with E-state index in [1.807, 2.05) is 0 Å². The molecule has 0 saturated carbocycles. The second-order valence-electron chi connectivity index (χ2n) is 3.05. The lowest BCUT2D eigenvalue weighted by Crippen LogP contribution is -2.13. The quantitative estimate of drug-likeness (QED) is 0.338. The van der Waals surface area contributed by atoms with Crippen molar-refractivity contribution in [3.63, 3.8) is 0 Å². The Morgan fingerprint density at radius 3 is 2.47 bits per heavy atom. The molecule has 0 aliphatic rings. The second kappa shape index (κ2) is 4.05. The number of aliphatic hydroxyl groups is 1. The van der Waals surface area contributed by atoms with Crippen LogP contribution in [0.25, 0.3) is 0 Å². The molecule has 0 radical (unpaired) electrons. The maximum absolute atomic E-state index is 10.8. The van der Waals surface area contributed by atoms with Gasteiger partial charge in [0, 0.05) is 5.69 Å². The van der Waals surface area contributed by atoms with Gasteiger partial charge in [-0.3, -0.25) is 4.55 Å². The van der Waals surface area contributed by atoms with Gasteiger partial charge < -0.3 is 16.2 Å². The maximum Gasteiger partial charge on any atom is 0.296 e. The van der Waals surface area contributed by atoms with Crippen LogP contribution < -0.4 is 11.1 Å². The van der Waals surface area contributed by atoms with E-state index < -0.39 is 16.3 Å². The summed E-state index contributed by atoms with van der Waals surface area (Å²) in [6.07, 6.45) is -0.777. The lowest BCUT2D eigenvalue weighted by molar-refractivity contribution is 0.224. The second-order valence-corrected chi connectivity index (χ2v) is 4.44. The molecule has 0 amide bonds. The van der Waals surface area contributed by atoms with Crippen LogP contribution in [-0.2, 0) is 10.1 Å². The summed E-state index contributed by atoms with van der Waals surface area (Å²) >= 11 is 0. The third-order valence-electron chi connectivity index (χ3n) is 1.66. The molecule has 5 N–H and O–H groups in total. The number of nitrogen functional groups attached to an aromatic ring is 1. The van der Waals surface area contributed by atoms with E-state index in [1.165, 1.54) is 19.1 Å². The summed E-state index contributed by atoms with van der Waals surface area (Å²) < 4.78 is 30.4. The van der Waals surface area contributed by atoms with Crippen molar-refractivity contribution < 1.29 is 18.1 Å². The van der Waals surface area contributed by atoms with Gasteiger partial charge in [-0.15, -0.1) is 0 Å². The number of anilines is 2. The van der Waals surface area contributed by atoms with Crippen molar-refractivity contribution >= 4 is 21.5 Å². The normalized spacial score (nSPS) is 13.5. The van der Waals surface area contributed by atoms with Crippen molar-refractivity contribution in [3.05, 3.63) is 18.2 Å². The molecule has 1 aromatic rings. The zero-order valence-corrected chi connectivity index (χ0v) is 8.82. The van der Waals surface area contributed by atoms with E-state index in [1.54, 1.807) is 0 Å². The first-order valence-electron chi connectivity index (χ1n) is 4.12. The Morgan fingerprint density at radius 2 is 2.07 bits per heavy atom. The van der Waals surface area contributed by atoms with Gasteiger partial charge in [0.15, 0.2) is 0 Å². The molecule has 0 spiro atoms. The van der Waals surface area contributed by atoms with Gasteiger partial charge in [0.05, 0.1) is 5.69 Å². The fourth-order valence-electron chi connectivity index (χ4n) is 1.11.